The largest absolute Gasteiger partial charge is 0.486 e. The molecule has 0 aliphatic carbocycles. The van der Waals surface area contributed by atoms with Gasteiger partial charge in [0.25, 0.3) is 0 Å². The van der Waals surface area contributed by atoms with Crippen LogP contribution in [0.5, 0.6) is 11.5 Å². The molecule has 1 atom stereocenters. The summed E-state index contributed by atoms with van der Waals surface area (Å²) >= 11 is 5.24. The zero-order valence-electron chi connectivity index (χ0n) is 13.2. The molecule has 3 rings (SSSR count). The van der Waals surface area contributed by atoms with Gasteiger partial charge in [-0.05, 0) is 35.5 Å². The molecule has 0 aromatic heterocycles. The Bertz CT molecular complexity index is 694. The van der Waals surface area contributed by atoms with Gasteiger partial charge < -0.3 is 25.2 Å². The summed E-state index contributed by atoms with van der Waals surface area (Å²) in [6.45, 7) is 2.04. The Labute approximate surface area is 146 Å². The third kappa shape index (κ3) is 4.37. The Morgan fingerprint density at radius 1 is 1.04 bits per heavy atom. The van der Waals surface area contributed by atoms with Gasteiger partial charge in [0.2, 0.25) is 0 Å². The second-order valence-corrected chi connectivity index (χ2v) is 5.88. The van der Waals surface area contributed by atoms with Crippen LogP contribution >= 0.6 is 12.2 Å². The van der Waals surface area contributed by atoms with Crippen LogP contribution in [-0.4, -0.2) is 30.0 Å². The number of hydrogen-bond acceptors (Lipinski definition) is 4. The van der Waals surface area contributed by atoms with Gasteiger partial charge in [-0.15, -0.1) is 0 Å². The lowest BCUT2D eigenvalue weighted by atomic mass is 10.1. The molecule has 126 valence electrons. The standard InChI is InChI=1S/C18H20N2O3S/c21-15(14-6-7-16-17(10-14)23-9-8-22-16)12-20-18(24)19-11-13-4-2-1-3-5-13/h1-7,10,15,21H,8-9,11-12H2,(H2,19,20,24). The molecule has 0 amide bonds. The molecule has 1 aliphatic heterocycles. The maximum Gasteiger partial charge on any atom is 0.166 e. The molecule has 2 aromatic carbocycles. The Kier molecular flexibility index (Phi) is 5.51. The van der Waals surface area contributed by atoms with Crippen LogP contribution in [0.25, 0.3) is 0 Å². The summed E-state index contributed by atoms with van der Waals surface area (Å²) in [6, 6.07) is 15.5. The molecular weight excluding hydrogens is 324 g/mol. The van der Waals surface area contributed by atoms with E-state index in [9.17, 15) is 5.11 Å². The highest BCUT2D eigenvalue weighted by Gasteiger charge is 2.15. The van der Waals surface area contributed by atoms with Crippen molar-refractivity contribution in [3.63, 3.8) is 0 Å². The van der Waals surface area contributed by atoms with Gasteiger partial charge >= 0.3 is 0 Å². The fourth-order valence-corrected chi connectivity index (χ4v) is 2.57. The summed E-state index contributed by atoms with van der Waals surface area (Å²) in [5.41, 5.74) is 1.91. The number of rotatable bonds is 5. The highest BCUT2D eigenvalue weighted by Crippen LogP contribution is 2.32. The summed E-state index contributed by atoms with van der Waals surface area (Å²) in [7, 11) is 0. The summed E-state index contributed by atoms with van der Waals surface area (Å²) in [4.78, 5) is 0. The first-order valence-corrected chi connectivity index (χ1v) is 8.26. The van der Waals surface area contributed by atoms with Crippen LogP contribution in [0.15, 0.2) is 48.5 Å². The lowest BCUT2D eigenvalue weighted by Crippen LogP contribution is -2.37. The van der Waals surface area contributed by atoms with Crippen molar-refractivity contribution in [2.75, 3.05) is 19.8 Å². The van der Waals surface area contributed by atoms with Crippen LogP contribution in [0.4, 0.5) is 0 Å². The highest BCUT2D eigenvalue weighted by molar-refractivity contribution is 7.80. The number of aliphatic hydroxyl groups is 1. The predicted molar refractivity (Wildman–Crippen MR) is 96.3 cm³/mol. The number of thiocarbonyl (C=S) groups is 1. The normalized spacial score (nSPS) is 13.9. The van der Waals surface area contributed by atoms with Gasteiger partial charge in [0.15, 0.2) is 16.6 Å². The number of benzene rings is 2. The monoisotopic (exact) mass is 344 g/mol. The molecule has 5 nitrogen and oxygen atoms in total. The van der Waals surface area contributed by atoms with Crippen molar-refractivity contribution in [3.05, 3.63) is 59.7 Å². The van der Waals surface area contributed by atoms with Gasteiger partial charge in [0, 0.05) is 13.1 Å². The first-order valence-electron chi connectivity index (χ1n) is 7.85. The number of ether oxygens (including phenoxy) is 2. The third-order valence-corrected chi connectivity index (χ3v) is 3.99. The summed E-state index contributed by atoms with van der Waals surface area (Å²) in [6.07, 6.45) is -0.683. The van der Waals surface area contributed by atoms with Gasteiger partial charge in [-0.1, -0.05) is 36.4 Å². The Balaban J connectivity index is 1.48. The predicted octanol–water partition coefficient (Wildman–Crippen LogP) is 2.16. The van der Waals surface area contributed by atoms with Crippen LogP contribution in [0.1, 0.15) is 17.2 Å². The fraction of sp³-hybridized carbons (Fsp3) is 0.278. The van der Waals surface area contributed by atoms with Crippen LogP contribution < -0.4 is 20.1 Å². The van der Waals surface area contributed by atoms with E-state index in [0.717, 1.165) is 11.1 Å². The molecule has 0 saturated heterocycles. The lowest BCUT2D eigenvalue weighted by Gasteiger charge is -2.20. The molecule has 0 radical (unpaired) electrons. The van der Waals surface area contributed by atoms with E-state index in [1.54, 1.807) is 6.07 Å². The van der Waals surface area contributed by atoms with Crippen LogP contribution in [0.3, 0.4) is 0 Å². The summed E-state index contributed by atoms with van der Waals surface area (Å²) in [5, 5.41) is 17.0. The molecule has 6 heteroatoms. The molecule has 0 fully saturated rings. The topological polar surface area (TPSA) is 62.8 Å². The van der Waals surface area contributed by atoms with Gasteiger partial charge in [-0.2, -0.15) is 0 Å². The van der Waals surface area contributed by atoms with E-state index in [2.05, 4.69) is 10.6 Å². The molecule has 1 unspecified atom stereocenters. The smallest absolute Gasteiger partial charge is 0.166 e. The molecule has 0 bridgehead atoms. The van der Waals surface area contributed by atoms with Crippen molar-refractivity contribution in [2.45, 2.75) is 12.6 Å². The summed E-state index contributed by atoms with van der Waals surface area (Å²) < 4.78 is 11.0. The van der Waals surface area contributed by atoms with E-state index in [1.807, 2.05) is 42.5 Å². The van der Waals surface area contributed by atoms with Crippen molar-refractivity contribution in [2.24, 2.45) is 0 Å². The van der Waals surface area contributed by atoms with Crippen molar-refractivity contribution < 1.29 is 14.6 Å². The van der Waals surface area contributed by atoms with Gasteiger partial charge in [-0.3, -0.25) is 0 Å². The third-order valence-electron chi connectivity index (χ3n) is 3.70. The Hall–Kier alpha value is -2.31. The average molecular weight is 344 g/mol. The minimum Gasteiger partial charge on any atom is -0.486 e. The zero-order valence-corrected chi connectivity index (χ0v) is 14.0. The SMILES string of the molecule is OC(CNC(=S)NCc1ccccc1)c1ccc2c(c1)OCCO2. The van der Waals surface area contributed by atoms with E-state index in [-0.39, 0.29) is 0 Å². The summed E-state index contributed by atoms with van der Waals surface area (Å²) in [5.74, 6) is 1.38. The molecule has 3 N–H and O–H groups in total. The van der Waals surface area contributed by atoms with E-state index in [0.29, 0.717) is 42.9 Å². The van der Waals surface area contributed by atoms with Gasteiger partial charge in [-0.25, -0.2) is 0 Å². The number of aliphatic hydroxyl groups excluding tert-OH is 1. The zero-order chi connectivity index (χ0) is 16.8. The van der Waals surface area contributed by atoms with Gasteiger partial charge in [0.05, 0.1) is 6.10 Å². The number of nitrogens with one attached hydrogen (secondary N) is 2. The average Bonchev–Trinajstić information content (AvgIpc) is 2.65. The molecular formula is C18H20N2O3S. The van der Waals surface area contributed by atoms with Crippen LogP contribution in [0.2, 0.25) is 0 Å². The van der Waals surface area contributed by atoms with Crippen LogP contribution in [-0.2, 0) is 6.54 Å². The fourth-order valence-electron chi connectivity index (χ4n) is 2.42. The van der Waals surface area contributed by atoms with E-state index >= 15 is 0 Å². The molecule has 0 spiro atoms. The maximum absolute atomic E-state index is 10.3. The van der Waals surface area contributed by atoms with Gasteiger partial charge in [0.1, 0.15) is 13.2 Å². The number of fused-ring (bicyclic) bond motifs is 1. The van der Waals surface area contributed by atoms with Crippen molar-refractivity contribution in [1.82, 2.24) is 10.6 Å². The maximum atomic E-state index is 10.3. The Morgan fingerprint density at radius 2 is 1.79 bits per heavy atom. The quantitative estimate of drug-likeness (QED) is 0.723. The second-order valence-electron chi connectivity index (χ2n) is 5.47. The lowest BCUT2D eigenvalue weighted by molar-refractivity contribution is 0.165. The molecule has 2 aromatic rings. The second kappa shape index (κ2) is 7.99. The van der Waals surface area contributed by atoms with E-state index < -0.39 is 6.10 Å². The van der Waals surface area contributed by atoms with E-state index in [1.165, 1.54) is 0 Å². The molecule has 0 saturated carbocycles. The molecule has 1 aliphatic rings. The first-order chi connectivity index (χ1) is 11.7. The Morgan fingerprint density at radius 3 is 2.58 bits per heavy atom. The minimum absolute atomic E-state index is 0.320. The van der Waals surface area contributed by atoms with Crippen LogP contribution in [0, 0.1) is 0 Å². The first kappa shape index (κ1) is 16.5. The van der Waals surface area contributed by atoms with Crippen molar-refractivity contribution in [3.8, 4) is 11.5 Å². The number of hydrogen-bond donors (Lipinski definition) is 3. The van der Waals surface area contributed by atoms with Crippen molar-refractivity contribution >= 4 is 17.3 Å². The highest BCUT2D eigenvalue weighted by atomic mass is 32.1. The molecule has 1 heterocycles. The minimum atomic E-state index is -0.683. The van der Waals surface area contributed by atoms with E-state index in [4.69, 9.17) is 21.7 Å². The van der Waals surface area contributed by atoms with Crippen molar-refractivity contribution in [1.29, 1.82) is 0 Å². The molecule has 24 heavy (non-hydrogen) atoms.